The number of rotatable bonds is 4. The average Bonchev–Trinajstić information content (AvgIpc) is 2.82. The lowest BCUT2D eigenvalue weighted by Gasteiger charge is -2.17. The zero-order valence-electron chi connectivity index (χ0n) is 9.89. The first-order chi connectivity index (χ1) is 8.49. The molecule has 0 aromatic heterocycles. The summed E-state index contributed by atoms with van der Waals surface area (Å²) in [5, 5.41) is 7.32. The number of nitrogens with two attached hydrogens (primary N) is 1. The molecule has 0 saturated carbocycles. The van der Waals surface area contributed by atoms with Gasteiger partial charge >= 0.3 is 10.2 Å². The summed E-state index contributed by atoms with van der Waals surface area (Å²) in [4.78, 5) is 0. The smallest absolute Gasteiger partial charge is 0.301 e. The van der Waals surface area contributed by atoms with Crippen molar-refractivity contribution < 1.29 is 8.42 Å². The van der Waals surface area contributed by atoms with Crippen LogP contribution >= 0.6 is 0 Å². The van der Waals surface area contributed by atoms with E-state index in [1.807, 2.05) is 0 Å². The summed E-state index contributed by atoms with van der Waals surface area (Å²) in [5.74, 6) is -0.0859. The highest BCUT2D eigenvalue weighted by Crippen LogP contribution is 2.17. The third-order valence-corrected chi connectivity index (χ3v) is 4.36. The standard InChI is InChI=1S/C11H16N4O2S/c12-11(13)9-4-3-5-10(8-9)14-18(16,17)15-6-1-2-7-15/h3-5,8,14H,1-2,6-7H2,(H3,12,13). The Morgan fingerprint density at radius 2 is 2.00 bits per heavy atom. The van der Waals surface area contributed by atoms with E-state index < -0.39 is 10.2 Å². The van der Waals surface area contributed by atoms with Crippen molar-refractivity contribution in [3.8, 4) is 0 Å². The molecular formula is C11H16N4O2S. The predicted octanol–water partition coefficient (Wildman–Crippen LogP) is 0.723. The first-order valence-corrected chi connectivity index (χ1v) is 7.15. The molecule has 1 aromatic rings. The Balaban J connectivity index is 2.18. The first-order valence-electron chi connectivity index (χ1n) is 5.71. The topological polar surface area (TPSA) is 99.3 Å². The zero-order valence-corrected chi connectivity index (χ0v) is 10.7. The van der Waals surface area contributed by atoms with Gasteiger partial charge in [-0.3, -0.25) is 10.1 Å². The maximum atomic E-state index is 12.0. The lowest BCUT2D eigenvalue weighted by Crippen LogP contribution is -2.33. The summed E-state index contributed by atoms with van der Waals surface area (Å²) in [6.07, 6.45) is 1.79. The molecule has 1 heterocycles. The molecule has 4 N–H and O–H groups in total. The molecule has 98 valence electrons. The van der Waals surface area contributed by atoms with Crippen LogP contribution in [0.2, 0.25) is 0 Å². The predicted molar refractivity (Wildman–Crippen MR) is 70.8 cm³/mol. The van der Waals surface area contributed by atoms with Crippen LogP contribution in [0.5, 0.6) is 0 Å². The van der Waals surface area contributed by atoms with E-state index in [9.17, 15) is 8.42 Å². The summed E-state index contributed by atoms with van der Waals surface area (Å²) in [6, 6.07) is 6.52. The van der Waals surface area contributed by atoms with Crippen LogP contribution < -0.4 is 10.5 Å². The third kappa shape index (κ3) is 2.80. The molecule has 0 radical (unpaired) electrons. The Labute approximate surface area is 106 Å². The number of hydrogen-bond donors (Lipinski definition) is 3. The molecule has 1 aromatic carbocycles. The minimum Gasteiger partial charge on any atom is -0.384 e. The quantitative estimate of drug-likeness (QED) is 0.554. The van der Waals surface area contributed by atoms with Crippen molar-refractivity contribution >= 4 is 21.7 Å². The summed E-state index contributed by atoms with van der Waals surface area (Å²) >= 11 is 0. The monoisotopic (exact) mass is 268 g/mol. The maximum Gasteiger partial charge on any atom is 0.301 e. The van der Waals surface area contributed by atoms with Gasteiger partial charge in [-0.05, 0) is 25.0 Å². The van der Waals surface area contributed by atoms with Gasteiger partial charge < -0.3 is 5.73 Å². The van der Waals surface area contributed by atoms with Crippen LogP contribution in [0.4, 0.5) is 5.69 Å². The summed E-state index contributed by atoms with van der Waals surface area (Å²) in [6.45, 7) is 1.11. The van der Waals surface area contributed by atoms with E-state index in [0.29, 0.717) is 24.3 Å². The molecule has 0 spiro atoms. The van der Waals surface area contributed by atoms with Crippen molar-refractivity contribution in [3.63, 3.8) is 0 Å². The number of nitrogen functional groups attached to an aromatic ring is 1. The van der Waals surface area contributed by atoms with E-state index >= 15 is 0 Å². The molecule has 1 aliphatic rings. The van der Waals surface area contributed by atoms with Crippen LogP contribution in [-0.4, -0.2) is 31.6 Å². The minimum atomic E-state index is -3.48. The highest BCUT2D eigenvalue weighted by atomic mass is 32.2. The molecule has 1 saturated heterocycles. The van der Waals surface area contributed by atoms with Gasteiger partial charge in [-0.25, -0.2) is 0 Å². The molecule has 0 aliphatic carbocycles. The van der Waals surface area contributed by atoms with Crippen LogP contribution in [-0.2, 0) is 10.2 Å². The van der Waals surface area contributed by atoms with E-state index in [0.717, 1.165) is 12.8 Å². The average molecular weight is 268 g/mol. The van der Waals surface area contributed by atoms with Gasteiger partial charge in [0, 0.05) is 18.7 Å². The molecule has 0 atom stereocenters. The van der Waals surface area contributed by atoms with Gasteiger partial charge in [0.2, 0.25) is 0 Å². The third-order valence-electron chi connectivity index (χ3n) is 2.83. The second-order valence-electron chi connectivity index (χ2n) is 4.21. The molecule has 1 fully saturated rings. The van der Waals surface area contributed by atoms with E-state index in [1.54, 1.807) is 24.3 Å². The number of nitrogens with one attached hydrogen (secondary N) is 2. The highest BCUT2D eigenvalue weighted by molar-refractivity contribution is 7.90. The second-order valence-corrected chi connectivity index (χ2v) is 5.88. The van der Waals surface area contributed by atoms with Crippen molar-refractivity contribution in [3.05, 3.63) is 29.8 Å². The Morgan fingerprint density at radius 3 is 2.61 bits per heavy atom. The summed E-state index contributed by atoms with van der Waals surface area (Å²) < 4.78 is 28.0. The van der Waals surface area contributed by atoms with Crippen LogP contribution in [0, 0.1) is 5.41 Å². The number of amidine groups is 1. The van der Waals surface area contributed by atoms with Crippen molar-refractivity contribution in [2.75, 3.05) is 17.8 Å². The Kier molecular flexibility index (Phi) is 3.53. The Morgan fingerprint density at radius 1 is 1.33 bits per heavy atom. The first kappa shape index (κ1) is 12.8. The fourth-order valence-electron chi connectivity index (χ4n) is 1.89. The van der Waals surface area contributed by atoms with Gasteiger partial charge in [-0.1, -0.05) is 12.1 Å². The Hall–Kier alpha value is -1.60. The summed E-state index contributed by atoms with van der Waals surface area (Å²) in [5.41, 5.74) is 6.29. The molecule has 0 amide bonds. The van der Waals surface area contributed by atoms with E-state index in [2.05, 4.69) is 4.72 Å². The van der Waals surface area contributed by atoms with Crippen molar-refractivity contribution in [1.29, 1.82) is 5.41 Å². The number of hydrogen-bond acceptors (Lipinski definition) is 3. The number of nitrogens with zero attached hydrogens (tertiary/aromatic N) is 1. The minimum absolute atomic E-state index is 0.0859. The fraction of sp³-hybridized carbons (Fsp3) is 0.364. The van der Waals surface area contributed by atoms with Gasteiger partial charge in [0.25, 0.3) is 0 Å². The highest BCUT2D eigenvalue weighted by Gasteiger charge is 2.25. The molecular weight excluding hydrogens is 252 g/mol. The van der Waals surface area contributed by atoms with Crippen LogP contribution in [0.1, 0.15) is 18.4 Å². The maximum absolute atomic E-state index is 12.0. The largest absolute Gasteiger partial charge is 0.384 e. The number of benzene rings is 1. The molecule has 0 unspecified atom stereocenters. The SMILES string of the molecule is N=C(N)c1cccc(NS(=O)(=O)N2CCCC2)c1. The summed E-state index contributed by atoms with van der Waals surface area (Å²) in [7, 11) is -3.48. The van der Waals surface area contributed by atoms with Crippen LogP contribution in [0.15, 0.2) is 24.3 Å². The second kappa shape index (κ2) is 4.95. The molecule has 0 bridgehead atoms. The van der Waals surface area contributed by atoms with E-state index in [-0.39, 0.29) is 5.84 Å². The molecule has 2 rings (SSSR count). The molecule has 6 nitrogen and oxygen atoms in total. The Bertz CT molecular complexity index is 550. The van der Waals surface area contributed by atoms with E-state index in [4.69, 9.17) is 11.1 Å². The van der Waals surface area contributed by atoms with Crippen molar-refractivity contribution in [2.45, 2.75) is 12.8 Å². The van der Waals surface area contributed by atoms with Gasteiger partial charge in [0.05, 0.1) is 5.69 Å². The molecule has 1 aliphatic heterocycles. The number of anilines is 1. The van der Waals surface area contributed by atoms with Crippen LogP contribution in [0.25, 0.3) is 0 Å². The zero-order chi connectivity index (χ0) is 13.2. The fourth-order valence-corrected chi connectivity index (χ4v) is 3.19. The molecule has 7 heteroatoms. The van der Waals surface area contributed by atoms with Crippen molar-refractivity contribution in [2.24, 2.45) is 5.73 Å². The van der Waals surface area contributed by atoms with E-state index in [1.165, 1.54) is 4.31 Å². The van der Waals surface area contributed by atoms with Crippen molar-refractivity contribution in [1.82, 2.24) is 4.31 Å². The van der Waals surface area contributed by atoms with Crippen LogP contribution in [0.3, 0.4) is 0 Å². The van der Waals surface area contributed by atoms with Gasteiger partial charge in [-0.2, -0.15) is 12.7 Å². The normalized spacial score (nSPS) is 16.7. The molecule has 18 heavy (non-hydrogen) atoms. The lowest BCUT2D eigenvalue weighted by atomic mass is 10.2. The van der Waals surface area contributed by atoms with Gasteiger partial charge in [-0.15, -0.1) is 0 Å². The lowest BCUT2D eigenvalue weighted by molar-refractivity contribution is 0.482. The van der Waals surface area contributed by atoms with Gasteiger partial charge in [0.15, 0.2) is 0 Å². The van der Waals surface area contributed by atoms with Gasteiger partial charge in [0.1, 0.15) is 5.84 Å².